The summed E-state index contributed by atoms with van der Waals surface area (Å²) in [7, 11) is 0. The Kier molecular flexibility index (Phi) is 4.64. The molecule has 19 heavy (non-hydrogen) atoms. The molecule has 0 aliphatic rings. The molecule has 0 aliphatic heterocycles. The summed E-state index contributed by atoms with van der Waals surface area (Å²) in [5.41, 5.74) is 8.58. The van der Waals surface area contributed by atoms with Gasteiger partial charge in [0.15, 0.2) is 0 Å². The lowest BCUT2D eigenvalue weighted by molar-refractivity contribution is -0.120. The van der Waals surface area contributed by atoms with E-state index in [2.05, 4.69) is 10.3 Å². The summed E-state index contributed by atoms with van der Waals surface area (Å²) in [6.45, 7) is 1.03. The van der Waals surface area contributed by atoms with Crippen LogP contribution in [0.5, 0.6) is 0 Å². The molecule has 1 aromatic heterocycles. The molecule has 3 N–H and O–H groups in total. The van der Waals surface area contributed by atoms with Crippen molar-refractivity contribution in [3.63, 3.8) is 0 Å². The van der Waals surface area contributed by atoms with E-state index in [1.54, 1.807) is 12.4 Å². The summed E-state index contributed by atoms with van der Waals surface area (Å²) in [6, 6.07) is 11.6. The largest absolute Gasteiger partial charge is 0.352 e. The van der Waals surface area contributed by atoms with Crippen LogP contribution in [-0.2, 0) is 24.3 Å². The Hall–Kier alpha value is -2.20. The Labute approximate surface area is 112 Å². The maximum absolute atomic E-state index is 11.8. The minimum absolute atomic E-state index is 0.00403. The van der Waals surface area contributed by atoms with Crippen LogP contribution in [0, 0.1) is 0 Å². The van der Waals surface area contributed by atoms with E-state index in [9.17, 15) is 4.79 Å². The van der Waals surface area contributed by atoms with Crippen LogP contribution in [0.15, 0.2) is 48.8 Å². The van der Waals surface area contributed by atoms with Crippen LogP contribution >= 0.6 is 0 Å². The van der Waals surface area contributed by atoms with Crippen LogP contribution in [0.3, 0.4) is 0 Å². The van der Waals surface area contributed by atoms with Crippen molar-refractivity contribution in [2.24, 2.45) is 5.73 Å². The number of benzene rings is 1. The van der Waals surface area contributed by atoms with E-state index < -0.39 is 0 Å². The number of aromatic nitrogens is 1. The van der Waals surface area contributed by atoms with Gasteiger partial charge in [-0.25, -0.2) is 0 Å². The first kappa shape index (κ1) is 13.2. The molecule has 0 atom stereocenters. The van der Waals surface area contributed by atoms with Crippen LogP contribution in [0.4, 0.5) is 0 Å². The lowest BCUT2D eigenvalue weighted by atomic mass is 10.1. The minimum atomic E-state index is 0.00403. The molecule has 0 saturated carbocycles. The standard InChI is InChI=1S/C15H17N3O/c16-9-13-5-3-12(4-6-13)8-15(19)18-11-14-2-1-7-17-10-14/h1-7,10H,8-9,11,16H2,(H,18,19). The van der Waals surface area contributed by atoms with Crippen molar-refractivity contribution in [1.82, 2.24) is 10.3 Å². The van der Waals surface area contributed by atoms with E-state index in [1.807, 2.05) is 36.4 Å². The highest BCUT2D eigenvalue weighted by Gasteiger charge is 2.03. The molecule has 4 heteroatoms. The third-order valence-corrected chi connectivity index (χ3v) is 2.84. The molecule has 0 spiro atoms. The molecule has 98 valence electrons. The molecule has 0 unspecified atom stereocenters. The number of pyridine rings is 1. The summed E-state index contributed by atoms with van der Waals surface area (Å²) in [5.74, 6) is 0.00403. The van der Waals surface area contributed by atoms with Crippen molar-refractivity contribution >= 4 is 5.91 Å². The monoisotopic (exact) mass is 255 g/mol. The lowest BCUT2D eigenvalue weighted by Crippen LogP contribution is -2.24. The van der Waals surface area contributed by atoms with Gasteiger partial charge >= 0.3 is 0 Å². The predicted molar refractivity (Wildman–Crippen MR) is 74.1 cm³/mol. The van der Waals surface area contributed by atoms with Crippen molar-refractivity contribution in [2.45, 2.75) is 19.5 Å². The number of carbonyl (C=O) groups excluding carboxylic acids is 1. The van der Waals surface area contributed by atoms with Gasteiger partial charge in [0.25, 0.3) is 0 Å². The Morgan fingerprint density at radius 1 is 1.11 bits per heavy atom. The Morgan fingerprint density at radius 2 is 1.84 bits per heavy atom. The quantitative estimate of drug-likeness (QED) is 0.848. The number of hydrogen-bond acceptors (Lipinski definition) is 3. The van der Waals surface area contributed by atoms with Gasteiger partial charge in [-0.1, -0.05) is 30.3 Å². The fourth-order valence-corrected chi connectivity index (χ4v) is 1.74. The normalized spacial score (nSPS) is 10.2. The Morgan fingerprint density at radius 3 is 2.47 bits per heavy atom. The Balaban J connectivity index is 1.83. The van der Waals surface area contributed by atoms with E-state index in [0.717, 1.165) is 16.7 Å². The maximum Gasteiger partial charge on any atom is 0.224 e. The molecule has 2 rings (SSSR count). The molecule has 1 amide bonds. The molecule has 0 bridgehead atoms. The minimum Gasteiger partial charge on any atom is -0.352 e. The molecule has 0 radical (unpaired) electrons. The summed E-state index contributed by atoms with van der Waals surface area (Å²) >= 11 is 0. The van der Waals surface area contributed by atoms with Crippen molar-refractivity contribution in [3.05, 3.63) is 65.5 Å². The second-order valence-corrected chi connectivity index (χ2v) is 4.34. The number of hydrogen-bond donors (Lipinski definition) is 2. The molecule has 1 aromatic carbocycles. The van der Waals surface area contributed by atoms with Gasteiger partial charge in [-0.05, 0) is 22.8 Å². The summed E-state index contributed by atoms with van der Waals surface area (Å²) in [4.78, 5) is 15.8. The SMILES string of the molecule is NCc1ccc(CC(=O)NCc2cccnc2)cc1. The molecule has 4 nitrogen and oxygen atoms in total. The van der Waals surface area contributed by atoms with Gasteiger partial charge in [0.05, 0.1) is 6.42 Å². The highest BCUT2D eigenvalue weighted by Crippen LogP contribution is 2.04. The summed E-state index contributed by atoms with van der Waals surface area (Å²) in [5, 5.41) is 2.87. The van der Waals surface area contributed by atoms with Gasteiger partial charge in [0.1, 0.15) is 0 Å². The van der Waals surface area contributed by atoms with Crippen molar-refractivity contribution in [2.75, 3.05) is 0 Å². The molecule has 2 aromatic rings. The van der Waals surface area contributed by atoms with Crippen LogP contribution in [-0.4, -0.2) is 10.9 Å². The number of nitrogens with zero attached hydrogens (tertiary/aromatic N) is 1. The smallest absolute Gasteiger partial charge is 0.224 e. The zero-order chi connectivity index (χ0) is 13.5. The van der Waals surface area contributed by atoms with Gasteiger partial charge in [-0.3, -0.25) is 9.78 Å². The van der Waals surface area contributed by atoms with Gasteiger partial charge in [-0.15, -0.1) is 0 Å². The van der Waals surface area contributed by atoms with Gasteiger partial charge < -0.3 is 11.1 Å². The number of nitrogens with one attached hydrogen (secondary N) is 1. The van der Waals surface area contributed by atoms with Crippen molar-refractivity contribution in [3.8, 4) is 0 Å². The first-order chi connectivity index (χ1) is 9.28. The van der Waals surface area contributed by atoms with E-state index in [-0.39, 0.29) is 5.91 Å². The molecule has 1 heterocycles. The molecule has 0 saturated heterocycles. The average Bonchev–Trinajstić information content (AvgIpc) is 2.47. The number of amides is 1. The molecule has 0 fully saturated rings. The first-order valence-electron chi connectivity index (χ1n) is 6.21. The van der Waals surface area contributed by atoms with Crippen LogP contribution in [0.25, 0.3) is 0 Å². The zero-order valence-electron chi connectivity index (χ0n) is 10.7. The highest BCUT2D eigenvalue weighted by molar-refractivity contribution is 5.78. The number of carbonyl (C=O) groups is 1. The van der Waals surface area contributed by atoms with Gasteiger partial charge in [-0.2, -0.15) is 0 Å². The first-order valence-corrected chi connectivity index (χ1v) is 6.21. The van der Waals surface area contributed by atoms with Crippen molar-refractivity contribution in [1.29, 1.82) is 0 Å². The number of nitrogens with two attached hydrogens (primary N) is 1. The third kappa shape index (κ3) is 4.19. The molecular formula is C15H17N3O. The summed E-state index contributed by atoms with van der Waals surface area (Å²) < 4.78 is 0. The topological polar surface area (TPSA) is 68.0 Å². The van der Waals surface area contributed by atoms with Crippen LogP contribution < -0.4 is 11.1 Å². The van der Waals surface area contributed by atoms with Crippen molar-refractivity contribution < 1.29 is 4.79 Å². The number of rotatable bonds is 5. The third-order valence-electron chi connectivity index (χ3n) is 2.84. The predicted octanol–water partition coefficient (Wildman–Crippen LogP) is 1.40. The van der Waals surface area contributed by atoms with Gasteiger partial charge in [0.2, 0.25) is 5.91 Å². The van der Waals surface area contributed by atoms with E-state index in [0.29, 0.717) is 19.5 Å². The summed E-state index contributed by atoms with van der Waals surface area (Å²) in [6.07, 6.45) is 3.84. The molecular weight excluding hydrogens is 238 g/mol. The van der Waals surface area contributed by atoms with E-state index >= 15 is 0 Å². The zero-order valence-corrected chi connectivity index (χ0v) is 10.7. The van der Waals surface area contributed by atoms with E-state index in [1.165, 1.54) is 0 Å². The maximum atomic E-state index is 11.8. The highest BCUT2D eigenvalue weighted by atomic mass is 16.1. The van der Waals surface area contributed by atoms with Gasteiger partial charge in [0, 0.05) is 25.5 Å². The fraction of sp³-hybridized carbons (Fsp3) is 0.200. The van der Waals surface area contributed by atoms with E-state index in [4.69, 9.17) is 5.73 Å². The molecule has 0 aliphatic carbocycles. The Bertz CT molecular complexity index is 523. The second-order valence-electron chi connectivity index (χ2n) is 4.34. The second kappa shape index (κ2) is 6.66. The lowest BCUT2D eigenvalue weighted by Gasteiger charge is -2.05. The van der Waals surface area contributed by atoms with Crippen LogP contribution in [0.1, 0.15) is 16.7 Å². The fourth-order valence-electron chi connectivity index (χ4n) is 1.74. The van der Waals surface area contributed by atoms with Crippen LogP contribution in [0.2, 0.25) is 0 Å². The average molecular weight is 255 g/mol.